The standard InChI is InChI=1S/C28H25B/c1-4-20-13-14-21(17-25(20)23-10-6-5-9-19(23)2)22-15-16-28-26(18-22)24-11-7-8-12-27(24)29(28)3/h5-18H,4H2,1-3H3. The summed E-state index contributed by atoms with van der Waals surface area (Å²) in [7, 11) is 0. The molecule has 0 N–H and O–H groups in total. The first-order valence-corrected chi connectivity index (χ1v) is 10.6. The number of fused-ring (bicyclic) bond motifs is 3. The molecule has 0 amide bonds. The van der Waals surface area contributed by atoms with Gasteiger partial charge in [0.25, 0.3) is 0 Å². The van der Waals surface area contributed by atoms with Crippen molar-refractivity contribution in [3.8, 4) is 33.4 Å². The van der Waals surface area contributed by atoms with Crippen LogP contribution in [0.15, 0.2) is 84.9 Å². The van der Waals surface area contributed by atoms with E-state index in [0.29, 0.717) is 6.71 Å². The van der Waals surface area contributed by atoms with Crippen LogP contribution in [0, 0.1) is 6.92 Å². The van der Waals surface area contributed by atoms with Gasteiger partial charge in [-0.3, -0.25) is 0 Å². The van der Waals surface area contributed by atoms with Gasteiger partial charge in [0.05, 0.1) is 0 Å². The van der Waals surface area contributed by atoms with Gasteiger partial charge < -0.3 is 0 Å². The molecule has 0 nitrogen and oxygen atoms in total. The molecule has 0 fully saturated rings. The second-order valence-corrected chi connectivity index (χ2v) is 8.15. The fourth-order valence-corrected chi connectivity index (χ4v) is 4.82. The zero-order chi connectivity index (χ0) is 20.0. The van der Waals surface area contributed by atoms with Gasteiger partial charge in [0.15, 0.2) is 0 Å². The molecule has 0 spiro atoms. The molecule has 1 heteroatoms. The Morgan fingerprint density at radius 3 is 2.00 bits per heavy atom. The van der Waals surface area contributed by atoms with Crippen LogP contribution in [0.3, 0.4) is 0 Å². The Morgan fingerprint density at radius 1 is 0.621 bits per heavy atom. The first-order valence-electron chi connectivity index (χ1n) is 10.6. The Balaban J connectivity index is 1.66. The normalized spacial score (nSPS) is 12.0. The molecule has 29 heavy (non-hydrogen) atoms. The van der Waals surface area contributed by atoms with E-state index in [4.69, 9.17) is 0 Å². The average Bonchev–Trinajstić information content (AvgIpc) is 3.06. The van der Waals surface area contributed by atoms with Gasteiger partial charge in [-0.1, -0.05) is 97.5 Å². The van der Waals surface area contributed by atoms with Crippen LogP contribution < -0.4 is 10.9 Å². The number of hydrogen-bond donors (Lipinski definition) is 0. The van der Waals surface area contributed by atoms with Crippen LogP contribution in [0.1, 0.15) is 18.1 Å². The average molecular weight is 372 g/mol. The van der Waals surface area contributed by atoms with Crippen molar-refractivity contribution < 1.29 is 0 Å². The van der Waals surface area contributed by atoms with Gasteiger partial charge in [-0.05, 0) is 70.0 Å². The molecule has 1 aliphatic heterocycles. The highest BCUT2D eigenvalue weighted by molar-refractivity contribution is 6.88. The van der Waals surface area contributed by atoms with Gasteiger partial charge in [0, 0.05) is 0 Å². The van der Waals surface area contributed by atoms with Crippen LogP contribution in [0.25, 0.3) is 33.4 Å². The van der Waals surface area contributed by atoms with E-state index in [9.17, 15) is 0 Å². The maximum absolute atomic E-state index is 2.39. The first kappa shape index (κ1) is 18.0. The Hall–Kier alpha value is -3.06. The monoisotopic (exact) mass is 372 g/mol. The smallest absolute Gasteiger partial charge is 0.0774 e. The molecule has 0 bridgehead atoms. The first-order chi connectivity index (χ1) is 14.2. The van der Waals surface area contributed by atoms with Gasteiger partial charge in [0.2, 0.25) is 6.71 Å². The quantitative estimate of drug-likeness (QED) is 0.381. The van der Waals surface area contributed by atoms with Crippen LogP contribution in [-0.4, -0.2) is 6.71 Å². The highest BCUT2D eigenvalue weighted by atomic mass is 14.2. The summed E-state index contributed by atoms with van der Waals surface area (Å²) in [6, 6.07) is 31.5. The van der Waals surface area contributed by atoms with E-state index in [1.165, 1.54) is 55.4 Å². The minimum absolute atomic E-state index is 0.472. The van der Waals surface area contributed by atoms with Gasteiger partial charge >= 0.3 is 0 Å². The number of benzene rings is 4. The molecule has 140 valence electrons. The highest BCUT2D eigenvalue weighted by Crippen LogP contribution is 2.34. The molecule has 4 aromatic rings. The van der Waals surface area contributed by atoms with E-state index in [-0.39, 0.29) is 0 Å². The summed E-state index contributed by atoms with van der Waals surface area (Å²) in [5.41, 5.74) is 13.7. The predicted molar refractivity (Wildman–Crippen MR) is 128 cm³/mol. The van der Waals surface area contributed by atoms with Crippen molar-refractivity contribution in [3.05, 3.63) is 96.1 Å². The minimum Gasteiger partial charge on any atom is -0.0774 e. The van der Waals surface area contributed by atoms with Gasteiger partial charge in [-0.15, -0.1) is 0 Å². The summed E-state index contributed by atoms with van der Waals surface area (Å²) >= 11 is 0. The molecule has 1 heterocycles. The lowest BCUT2D eigenvalue weighted by atomic mass is 9.45. The summed E-state index contributed by atoms with van der Waals surface area (Å²) in [4.78, 5) is 0. The van der Waals surface area contributed by atoms with Gasteiger partial charge in [-0.2, -0.15) is 0 Å². The molecule has 0 unspecified atom stereocenters. The zero-order valence-electron chi connectivity index (χ0n) is 17.4. The van der Waals surface area contributed by atoms with Crippen molar-refractivity contribution in [2.45, 2.75) is 27.1 Å². The van der Waals surface area contributed by atoms with Gasteiger partial charge in [-0.25, -0.2) is 0 Å². The van der Waals surface area contributed by atoms with E-state index >= 15 is 0 Å². The Labute approximate surface area is 174 Å². The fourth-order valence-electron chi connectivity index (χ4n) is 4.82. The molecule has 4 aromatic carbocycles. The molecule has 0 atom stereocenters. The predicted octanol–water partition coefficient (Wildman–Crippen LogP) is 6.11. The summed E-state index contributed by atoms with van der Waals surface area (Å²) < 4.78 is 0. The Bertz CT molecular complexity index is 1220. The maximum Gasteiger partial charge on any atom is 0.207 e. The lowest BCUT2D eigenvalue weighted by Crippen LogP contribution is -2.34. The molecule has 0 aromatic heterocycles. The lowest BCUT2D eigenvalue weighted by Gasteiger charge is -2.14. The van der Waals surface area contributed by atoms with Crippen LogP contribution in [0.5, 0.6) is 0 Å². The molecule has 0 saturated heterocycles. The van der Waals surface area contributed by atoms with Crippen molar-refractivity contribution in [2.24, 2.45) is 0 Å². The molecule has 0 saturated carbocycles. The van der Waals surface area contributed by atoms with Gasteiger partial charge in [0.1, 0.15) is 0 Å². The van der Waals surface area contributed by atoms with Crippen molar-refractivity contribution in [2.75, 3.05) is 0 Å². The SMILES string of the molecule is CCc1ccc(-c2ccc3c(c2)-c2ccccc2B3C)cc1-c1ccccc1C. The third kappa shape index (κ3) is 2.93. The Kier molecular flexibility index (Phi) is 4.40. The van der Waals surface area contributed by atoms with Crippen molar-refractivity contribution in [1.82, 2.24) is 0 Å². The molecule has 5 rings (SSSR count). The van der Waals surface area contributed by atoms with Crippen LogP contribution in [0.2, 0.25) is 6.82 Å². The summed E-state index contributed by atoms with van der Waals surface area (Å²) in [6.07, 6.45) is 1.04. The third-order valence-electron chi connectivity index (χ3n) is 6.50. The largest absolute Gasteiger partial charge is 0.207 e. The van der Waals surface area contributed by atoms with E-state index in [0.717, 1.165) is 6.42 Å². The van der Waals surface area contributed by atoms with Crippen molar-refractivity contribution >= 4 is 17.6 Å². The maximum atomic E-state index is 2.39. The van der Waals surface area contributed by atoms with E-state index < -0.39 is 0 Å². The molecule has 0 aliphatic carbocycles. The fraction of sp³-hybridized carbons (Fsp3) is 0.143. The molecule has 1 aliphatic rings. The minimum atomic E-state index is 0.472. The topological polar surface area (TPSA) is 0 Å². The number of hydrogen-bond acceptors (Lipinski definition) is 0. The van der Waals surface area contributed by atoms with Crippen LogP contribution in [-0.2, 0) is 6.42 Å². The molecular weight excluding hydrogens is 347 g/mol. The van der Waals surface area contributed by atoms with Crippen LogP contribution in [0.4, 0.5) is 0 Å². The Morgan fingerprint density at radius 2 is 1.24 bits per heavy atom. The van der Waals surface area contributed by atoms with E-state index in [1.807, 2.05) is 0 Å². The number of rotatable bonds is 3. The molecular formula is C28H25B. The summed E-state index contributed by atoms with van der Waals surface area (Å²) in [5.74, 6) is 0. The highest BCUT2D eigenvalue weighted by Gasteiger charge is 2.27. The van der Waals surface area contributed by atoms with E-state index in [2.05, 4.69) is 106 Å². The summed E-state index contributed by atoms with van der Waals surface area (Å²) in [6.45, 7) is 7.23. The molecule has 0 radical (unpaired) electrons. The second-order valence-electron chi connectivity index (χ2n) is 8.15. The van der Waals surface area contributed by atoms with E-state index in [1.54, 1.807) is 0 Å². The number of aryl methyl sites for hydroxylation is 2. The zero-order valence-corrected chi connectivity index (χ0v) is 17.4. The van der Waals surface area contributed by atoms with Crippen LogP contribution >= 0.6 is 0 Å². The lowest BCUT2D eigenvalue weighted by molar-refractivity contribution is 1.14. The second kappa shape index (κ2) is 7.08. The van der Waals surface area contributed by atoms with Crippen molar-refractivity contribution in [3.63, 3.8) is 0 Å². The summed E-state index contributed by atoms with van der Waals surface area (Å²) in [5, 5.41) is 0. The third-order valence-corrected chi connectivity index (χ3v) is 6.50. The van der Waals surface area contributed by atoms with Crippen molar-refractivity contribution in [1.29, 1.82) is 0 Å².